The predicted octanol–water partition coefficient (Wildman–Crippen LogP) is 2.38. The van der Waals surface area contributed by atoms with Crippen LogP contribution in [-0.2, 0) is 13.0 Å². The number of nitrogens with zero attached hydrogens (tertiary/aromatic N) is 3. The highest BCUT2D eigenvalue weighted by Crippen LogP contribution is 2.30. The Kier molecular flexibility index (Phi) is 4.75. The monoisotopic (exact) mass is 250 g/mol. The summed E-state index contributed by atoms with van der Waals surface area (Å²) in [5, 5.41) is 4.27. The summed E-state index contributed by atoms with van der Waals surface area (Å²) in [7, 11) is 0. The summed E-state index contributed by atoms with van der Waals surface area (Å²) in [6.07, 6.45) is 8.89. The minimum Gasteiger partial charge on any atom is -0.327 e. The second-order valence-corrected chi connectivity index (χ2v) is 5.80. The minimum atomic E-state index is 0.243. The van der Waals surface area contributed by atoms with Gasteiger partial charge in [-0.1, -0.05) is 26.7 Å². The van der Waals surface area contributed by atoms with E-state index in [1.54, 1.807) is 6.33 Å². The standard InChI is InChI=1S/C14H26N4/c1-3-7-18-14(16-10-17-18)9-13(15)12-6-4-5-11(2)8-12/h10-13H,3-9,15H2,1-2H3. The van der Waals surface area contributed by atoms with Gasteiger partial charge in [-0.25, -0.2) is 4.98 Å². The summed E-state index contributed by atoms with van der Waals surface area (Å²) in [6, 6.07) is 0.243. The fourth-order valence-corrected chi connectivity index (χ4v) is 3.09. The van der Waals surface area contributed by atoms with Crippen molar-refractivity contribution in [3.05, 3.63) is 12.2 Å². The summed E-state index contributed by atoms with van der Waals surface area (Å²) in [5.74, 6) is 2.56. The van der Waals surface area contributed by atoms with Crippen LogP contribution in [0.15, 0.2) is 6.33 Å². The molecule has 102 valence electrons. The van der Waals surface area contributed by atoms with Gasteiger partial charge in [0.15, 0.2) is 0 Å². The molecule has 0 aliphatic heterocycles. The van der Waals surface area contributed by atoms with Crippen LogP contribution in [0, 0.1) is 11.8 Å². The third-order valence-electron chi connectivity index (χ3n) is 4.13. The van der Waals surface area contributed by atoms with Crippen LogP contribution in [0.25, 0.3) is 0 Å². The lowest BCUT2D eigenvalue weighted by atomic mass is 9.78. The Hall–Kier alpha value is -0.900. The van der Waals surface area contributed by atoms with E-state index < -0.39 is 0 Å². The van der Waals surface area contributed by atoms with Gasteiger partial charge < -0.3 is 5.73 Å². The van der Waals surface area contributed by atoms with Gasteiger partial charge in [-0.15, -0.1) is 0 Å². The molecule has 0 spiro atoms. The molecule has 18 heavy (non-hydrogen) atoms. The fourth-order valence-electron chi connectivity index (χ4n) is 3.09. The average Bonchev–Trinajstić information content (AvgIpc) is 2.77. The zero-order chi connectivity index (χ0) is 13.0. The Labute approximate surface area is 110 Å². The van der Waals surface area contributed by atoms with E-state index in [9.17, 15) is 0 Å². The van der Waals surface area contributed by atoms with Crippen LogP contribution in [0.4, 0.5) is 0 Å². The van der Waals surface area contributed by atoms with E-state index in [1.807, 2.05) is 4.68 Å². The molecule has 1 heterocycles. The number of nitrogens with two attached hydrogens (primary N) is 1. The molecule has 3 unspecified atom stereocenters. The second kappa shape index (κ2) is 6.32. The first-order valence-electron chi connectivity index (χ1n) is 7.33. The van der Waals surface area contributed by atoms with Crippen molar-refractivity contribution in [2.45, 2.75) is 65.0 Å². The third-order valence-corrected chi connectivity index (χ3v) is 4.13. The molecule has 1 aliphatic rings. The van der Waals surface area contributed by atoms with Crippen molar-refractivity contribution in [3.8, 4) is 0 Å². The van der Waals surface area contributed by atoms with Crippen LogP contribution >= 0.6 is 0 Å². The second-order valence-electron chi connectivity index (χ2n) is 5.80. The molecule has 0 saturated heterocycles. The maximum absolute atomic E-state index is 6.39. The highest BCUT2D eigenvalue weighted by molar-refractivity contribution is 4.92. The molecule has 1 aromatic heterocycles. The highest BCUT2D eigenvalue weighted by atomic mass is 15.3. The van der Waals surface area contributed by atoms with Gasteiger partial charge in [0, 0.05) is 19.0 Å². The molecule has 4 heteroatoms. The van der Waals surface area contributed by atoms with E-state index in [0.29, 0.717) is 5.92 Å². The van der Waals surface area contributed by atoms with Crippen molar-refractivity contribution in [3.63, 3.8) is 0 Å². The van der Waals surface area contributed by atoms with Crippen LogP contribution in [-0.4, -0.2) is 20.8 Å². The molecule has 1 aromatic rings. The van der Waals surface area contributed by atoms with E-state index in [-0.39, 0.29) is 6.04 Å². The van der Waals surface area contributed by atoms with Gasteiger partial charge in [0.2, 0.25) is 0 Å². The van der Waals surface area contributed by atoms with Gasteiger partial charge >= 0.3 is 0 Å². The molecule has 0 aromatic carbocycles. The van der Waals surface area contributed by atoms with Crippen molar-refractivity contribution < 1.29 is 0 Å². The Morgan fingerprint density at radius 3 is 3.06 bits per heavy atom. The topological polar surface area (TPSA) is 56.7 Å². The lowest BCUT2D eigenvalue weighted by molar-refractivity contribution is 0.243. The van der Waals surface area contributed by atoms with Crippen molar-refractivity contribution in [1.29, 1.82) is 0 Å². The van der Waals surface area contributed by atoms with Crippen LogP contribution in [0.3, 0.4) is 0 Å². The van der Waals surface area contributed by atoms with Crippen LogP contribution in [0.5, 0.6) is 0 Å². The zero-order valence-corrected chi connectivity index (χ0v) is 11.7. The molecule has 0 bridgehead atoms. The summed E-state index contributed by atoms with van der Waals surface area (Å²) < 4.78 is 2.01. The van der Waals surface area contributed by atoms with E-state index in [4.69, 9.17) is 5.73 Å². The van der Waals surface area contributed by atoms with Crippen molar-refractivity contribution in [2.24, 2.45) is 17.6 Å². The maximum atomic E-state index is 6.39. The van der Waals surface area contributed by atoms with Gasteiger partial charge in [0.05, 0.1) is 0 Å². The first kappa shape index (κ1) is 13.5. The molecule has 1 saturated carbocycles. The predicted molar refractivity (Wildman–Crippen MR) is 73.1 cm³/mol. The van der Waals surface area contributed by atoms with Crippen LogP contribution in [0.2, 0.25) is 0 Å². The number of rotatable bonds is 5. The average molecular weight is 250 g/mol. The van der Waals surface area contributed by atoms with Crippen LogP contribution < -0.4 is 5.73 Å². The molecule has 3 atom stereocenters. The maximum Gasteiger partial charge on any atom is 0.138 e. The van der Waals surface area contributed by atoms with Crippen molar-refractivity contribution in [2.75, 3.05) is 0 Å². The first-order chi connectivity index (χ1) is 8.70. The highest BCUT2D eigenvalue weighted by Gasteiger charge is 2.25. The van der Waals surface area contributed by atoms with Crippen LogP contribution in [0.1, 0.15) is 51.8 Å². The van der Waals surface area contributed by atoms with E-state index in [2.05, 4.69) is 23.9 Å². The van der Waals surface area contributed by atoms with Gasteiger partial charge in [-0.3, -0.25) is 4.68 Å². The quantitative estimate of drug-likeness (QED) is 0.873. The molecule has 2 rings (SSSR count). The Morgan fingerprint density at radius 2 is 2.33 bits per heavy atom. The first-order valence-corrected chi connectivity index (χ1v) is 7.33. The molecule has 2 N–H and O–H groups in total. The number of aromatic nitrogens is 3. The van der Waals surface area contributed by atoms with E-state index in [0.717, 1.165) is 31.1 Å². The Balaban J connectivity index is 1.93. The van der Waals surface area contributed by atoms with Gasteiger partial charge in [0.1, 0.15) is 12.2 Å². The van der Waals surface area contributed by atoms with Gasteiger partial charge in [-0.05, 0) is 31.1 Å². The van der Waals surface area contributed by atoms with Crippen molar-refractivity contribution >= 4 is 0 Å². The molecule has 0 radical (unpaired) electrons. The van der Waals surface area contributed by atoms with Gasteiger partial charge in [-0.2, -0.15) is 5.10 Å². The van der Waals surface area contributed by atoms with Gasteiger partial charge in [0.25, 0.3) is 0 Å². The lowest BCUT2D eigenvalue weighted by Gasteiger charge is -2.31. The van der Waals surface area contributed by atoms with Crippen molar-refractivity contribution in [1.82, 2.24) is 14.8 Å². The smallest absolute Gasteiger partial charge is 0.138 e. The SMILES string of the molecule is CCCn1ncnc1CC(N)C1CCCC(C)C1. The molecular formula is C14H26N4. The Morgan fingerprint density at radius 1 is 1.50 bits per heavy atom. The fraction of sp³-hybridized carbons (Fsp3) is 0.857. The summed E-state index contributed by atoms with van der Waals surface area (Å²) in [6.45, 7) is 5.45. The molecule has 0 amide bonds. The third kappa shape index (κ3) is 3.31. The largest absolute Gasteiger partial charge is 0.327 e. The molecular weight excluding hydrogens is 224 g/mol. The molecule has 4 nitrogen and oxygen atoms in total. The zero-order valence-electron chi connectivity index (χ0n) is 11.7. The molecule has 1 fully saturated rings. The van der Waals surface area contributed by atoms with E-state index in [1.165, 1.54) is 25.7 Å². The number of hydrogen-bond donors (Lipinski definition) is 1. The molecule has 1 aliphatic carbocycles. The number of hydrogen-bond acceptors (Lipinski definition) is 3. The Bertz CT molecular complexity index is 360. The lowest BCUT2D eigenvalue weighted by Crippen LogP contribution is -2.36. The summed E-state index contributed by atoms with van der Waals surface area (Å²) >= 11 is 0. The summed E-state index contributed by atoms with van der Waals surface area (Å²) in [5.41, 5.74) is 6.39. The minimum absolute atomic E-state index is 0.243. The van der Waals surface area contributed by atoms with E-state index >= 15 is 0 Å². The summed E-state index contributed by atoms with van der Waals surface area (Å²) in [4.78, 5) is 4.36. The normalized spacial score (nSPS) is 26.2. The number of aryl methyl sites for hydroxylation is 1.